The van der Waals surface area contributed by atoms with Crippen molar-refractivity contribution >= 4 is 11.6 Å². The Bertz CT molecular complexity index is 550. The number of aryl methyl sites for hydroxylation is 1. The summed E-state index contributed by atoms with van der Waals surface area (Å²) >= 11 is 0. The van der Waals surface area contributed by atoms with Crippen LogP contribution in [0.2, 0.25) is 0 Å². The maximum Gasteiger partial charge on any atom is 0.277 e. The summed E-state index contributed by atoms with van der Waals surface area (Å²) in [6, 6.07) is 3.54. The van der Waals surface area contributed by atoms with Gasteiger partial charge in [-0.2, -0.15) is 0 Å². The maximum absolute atomic E-state index is 11.9. The van der Waals surface area contributed by atoms with E-state index in [2.05, 4.69) is 20.6 Å². The van der Waals surface area contributed by atoms with Gasteiger partial charge in [0.15, 0.2) is 5.69 Å². The third-order valence-electron chi connectivity index (χ3n) is 2.38. The van der Waals surface area contributed by atoms with E-state index >= 15 is 0 Å². The first-order chi connectivity index (χ1) is 8.70. The number of carbonyl (C=O) groups is 1. The van der Waals surface area contributed by atoms with Crippen LogP contribution in [-0.2, 0) is 6.54 Å². The highest BCUT2D eigenvalue weighted by molar-refractivity contribution is 6.02. The highest BCUT2D eigenvalue weighted by atomic mass is 16.2. The van der Waals surface area contributed by atoms with E-state index in [-0.39, 0.29) is 11.6 Å². The van der Waals surface area contributed by atoms with E-state index in [1.165, 1.54) is 4.68 Å². The third-order valence-corrected chi connectivity index (χ3v) is 2.38. The highest BCUT2D eigenvalue weighted by Gasteiger charge is 2.11. The molecule has 18 heavy (non-hydrogen) atoms. The van der Waals surface area contributed by atoms with Crippen LogP contribution in [-0.4, -0.2) is 32.4 Å². The lowest BCUT2D eigenvalue weighted by atomic mass is 10.3. The van der Waals surface area contributed by atoms with Gasteiger partial charge in [-0.25, -0.2) is 0 Å². The Balaban J connectivity index is 2.10. The topological polar surface area (TPSA) is 98.7 Å². The molecule has 0 aromatic carbocycles. The number of carbonyl (C=O) groups excluding carboxylic acids is 1. The van der Waals surface area contributed by atoms with Gasteiger partial charge in [-0.1, -0.05) is 5.21 Å². The van der Waals surface area contributed by atoms with Crippen molar-refractivity contribution in [3.63, 3.8) is 0 Å². The van der Waals surface area contributed by atoms with Gasteiger partial charge in [0.05, 0.1) is 24.1 Å². The van der Waals surface area contributed by atoms with Crippen LogP contribution in [0.25, 0.3) is 0 Å². The predicted octanol–water partition coefficient (Wildman–Crippen LogP) is 0.193. The number of aromatic nitrogens is 4. The first kappa shape index (κ1) is 12.2. The Morgan fingerprint density at radius 1 is 1.56 bits per heavy atom. The standard InChI is InChI=1S/C11H14N6O/c1-8-9(3-2-5-13-8)14-11(18)10-7-17(6-4-12)16-15-10/h2-3,5,7H,4,6,12H2,1H3,(H,14,18). The fourth-order valence-electron chi connectivity index (χ4n) is 1.45. The summed E-state index contributed by atoms with van der Waals surface area (Å²) in [5.41, 5.74) is 7.06. The van der Waals surface area contributed by atoms with Crippen molar-refractivity contribution in [2.24, 2.45) is 5.73 Å². The van der Waals surface area contributed by atoms with Crippen LogP contribution in [0.3, 0.4) is 0 Å². The second-order valence-corrected chi connectivity index (χ2v) is 3.75. The molecule has 0 aliphatic carbocycles. The molecule has 0 aliphatic heterocycles. The Hall–Kier alpha value is -2.28. The number of rotatable bonds is 4. The van der Waals surface area contributed by atoms with E-state index in [4.69, 9.17) is 5.73 Å². The lowest BCUT2D eigenvalue weighted by Gasteiger charge is -2.04. The van der Waals surface area contributed by atoms with Crippen LogP contribution in [0.1, 0.15) is 16.2 Å². The van der Waals surface area contributed by atoms with Crippen LogP contribution in [0.5, 0.6) is 0 Å². The third kappa shape index (κ3) is 2.69. The van der Waals surface area contributed by atoms with Crippen molar-refractivity contribution in [3.8, 4) is 0 Å². The van der Waals surface area contributed by atoms with Crippen LogP contribution in [0.4, 0.5) is 5.69 Å². The SMILES string of the molecule is Cc1ncccc1NC(=O)c1cn(CCN)nn1. The Kier molecular flexibility index (Phi) is 3.63. The fraction of sp³-hybridized carbons (Fsp3) is 0.273. The summed E-state index contributed by atoms with van der Waals surface area (Å²) < 4.78 is 1.53. The van der Waals surface area contributed by atoms with Crippen LogP contribution < -0.4 is 11.1 Å². The average Bonchev–Trinajstić information content (AvgIpc) is 2.81. The quantitative estimate of drug-likeness (QED) is 0.802. The minimum atomic E-state index is -0.311. The van der Waals surface area contributed by atoms with Crippen LogP contribution in [0, 0.1) is 6.92 Å². The Labute approximate surface area is 104 Å². The highest BCUT2D eigenvalue weighted by Crippen LogP contribution is 2.11. The molecule has 0 bridgehead atoms. The lowest BCUT2D eigenvalue weighted by molar-refractivity contribution is 0.102. The minimum absolute atomic E-state index is 0.256. The van der Waals surface area contributed by atoms with Crippen molar-refractivity contribution in [1.82, 2.24) is 20.0 Å². The molecule has 0 saturated heterocycles. The molecule has 0 aliphatic rings. The number of pyridine rings is 1. The molecule has 1 amide bonds. The Morgan fingerprint density at radius 2 is 2.39 bits per heavy atom. The van der Waals surface area contributed by atoms with Crippen molar-refractivity contribution in [2.75, 3.05) is 11.9 Å². The van der Waals surface area contributed by atoms with Crippen LogP contribution in [0.15, 0.2) is 24.5 Å². The van der Waals surface area contributed by atoms with Gasteiger partial charge in [0, 0.05) is 12.7 Å². The zero-order chi connectivity index (χ0) is 13.0. The molecule has 0 spiro atoms. The molecular weight excluding hydrogens is 232 g/mol. The van der Waals surface area contributed by atoms with Crippen molar-refractivity contribution in [2.45, 2.75) is 13.5 Å². The van der Waals surface area contributed by atoms with Gasteiger partial charge < -0.3 is 11.1 Å². The molecule has 2 aromatic heterocycles. The molecule has 7 nitrogen and oxygen atoms in total. The van der Waals surface area contributed by atoms with Gasteiger partial charge in [-0.3, -0.25) is 14.5 Å². The van der Waals surface area contributed by atoms with Gasteiger partial charge in [0.25, 0.3) is 5.91 Å². The largest absolute Gasteiger partial charge is 0.329 e. The van der Waals surface area contributed by atoms with Gasteiger partial charge in [-0.05, 0) is 19.1 Å². The summed E-state index contributed by atoms with van der Waals surface area (Å²) in [5.74, 6) is -0.311. The molecule has 0 unspecified atom stereocenters. The molecule has 94 valence electrons. The second kappa shape index (κ2) is 5.37. The minimum Gasteiger partial charge on any atom is -0.329 e. The van der Waals surface area contributed by atoms with E-state index in [0.29, 0.717) is 18.8 Å². The number of nitrogens with zero attached hydrogens (tertiary/aromatic N) is 4. The normalized spacial score (nSPS) is 10.3. The first-order valence-electron chi connectivity index (χ1n) is 5.54. The molecule has 3 N–H and O–H groups in total. The smallest absolute Gasteiger partial charge is 0.277 e. The van der Waals surface area contributed by atoms with Crippen LogP contribution >= 0.6 is 0 Å². The Morgan fingerprint density at radius 3 is 3.11 bits per heavy atom. The molecule has 2 aromatic rings. The number of nitrogens with two attached hydrogens (primary N) is 1. The molecule has 0 atom stereocenters. The summed E-state index contributed by atoms with van der Waals surface area (Å²) in [6.45, 7) is 2.80. The lowest BCUT2D eigenvalue weighted by Crippen LogP contribution is -2.14. The van der Waals surface area contributed by atoms with E-state index in [1.54, 1.807) is 24.5 Å². The second-order valence-electron chi connectivity index (χ2n) is 3.75. The number of hydrogen-bond donors (Lipinski definition) is 2. The van der Waals surface area contributed by atoms with Gasteiger partial charge in [0.1, 0.15) is 0 Å². The molecule has 0 fully saturated rings. The van der Waals surface area contributed by atoms with Crippen molar-refractivity contribution in [1.29, 1.82) is 0 Å². The summed E-state index contributed by atoms with van der Waals surface area (Å²) in [4.78, 5) is 16.0. The van der Waals surface area contributed by atoms with E-state index in [1.807, 2.05) is 6.92 Å². The van der Waals surface area contributed by atoms with Gasteiger partial charge in [0.2, 0.25) is 0 Å². The predicted molar refractivity (Wildman–Crippen MR) is 66.0 cm³/mol. The summed E-state index contributed by atoms with van der Waals surface area (Å²) in [6.07, 6.45) is 3.23. The molecule has 0 radical (unpaired) electrons. The monoisotopic (exact) mass is 246 g/mol. The molecule has 2 rings (SSSR count). The number of anilines is 1. The number of nitrogens with one attached hydrogen (secondary N) is 1. The van der Waals surface area contributed by atoms with E-state index in [9.17, 15) is 4.79 Å². The van der Waals surface area contributed by atoms with Crippen molar-refractivity contribution < 1.29 is 4.79 Å². The van der Waals surface area contributed by atoms with Crippen molar-refractivity contribution in [3.05, 3.63) is 35.9 Å². The molecule has 7 heteroatoms. The molecular formula is C11H14N6O. The fourth-order valence-corrected chi connectivity index (χ4v) is 1.45. The summed E-state index contributed by atoms with van der Waals surface area (Å²) in [7, 11) is 0. The van der Waals surface area contributed by atoms with Gasteiger partial charge in [-0.15, -0.1) is 5.10 Å². The number of amides is 1. The molecule has 2 heterocycles. The average molecular weight is 246 g/mol. The van der Waals surface area contributed by atoms with E-state index < -0.39 is 0 Å². The molecule has 0 saturated carbocycles. The first-order valence-corrected chi connectivity index (χ1v) is 5.54. The van der Waals surface area contributed by atoms with E-state index in [0.717, 1.165) is 5.69 Å². The zero-order valence-electron chi connectivity index (χ0n) is 10.00. The zero-order valence-corrected chi connectivity index (χ0v) is 10.00. The van der Waals surface area contributed by atoms with Gasteiger partial charge >= 0.3 is 0 Å². The summed E-state index contributed by atoms with van der Waals surface area (Å²) in [5, 5.41) is 10.3. The maximum atomic E-state index is 11.9. The number of hydrogen-bond acceptors (Lipinski definition) is 5.